The van der Waals surface area contributed by atoms with Crippen molar-refractivity contribution in [3.05, 3.63) is 68.8 Å². The number of rotatable bonds is 8. The number of aromatic nitrogens is 2. The van der Waals surface area contributed by atoms with E-state index in [0.717, 1.165) is 5.69 Å². The normalized spacial score (nSPS) is 11.1. The third kappa shape index (κ3) is 5.79. The molecule has 1 heterocycles. The number of aryl methyl sites for hydroxylation is 2. The smallest absolute Gasteiger partial charge is 0.226 e. The van der Waals surface area contributed by atoms with Crippen LogP contribution in [-0.4, -0.2) is 29.2 Å². The zero-order valence-electron chi connectivity index (χ0n) is 15.7. The van der Waals surface area contributed by atoms with E-state index in [4.69, 9.17) is 49.1 Å². The van der Waals surface area contributed by atoms with Crippen molar-refractivity contribution in [1.82, 2.24) is 9.78 Å². The highest BCUT2D eigenvalue weighted by atomic mass is 35.5. The standard InChI is InChI=1S/C20H18Cl3N3O3/c1-13-17(20(26(2)25-13)29-15-5-3-14(21)4-6-15)12-24-28-10-9-27-16-7-8-18(22)19(23)11-16/h3-8,11-12H,9-10H2,1-2H3. The average Bonchev–Trinajstić information content (AvgIpc) is 2.95. The van der Waals surface area contributed by atoms with Crippen molar-refractivity contribution < 1.29 is 14.3 Å². The molecule has 0 bridgehead atoms. The highest BCUT2D eigenvalue weighted by molar-refractivity contribution is 6.42. The van der Waals surface area contributed by atoms with Gasteiger partial charge in [-0.15, -0.1) is 0 Å². The molecule has 0 aliphatic carbocycles. The Balaban J connectivity index is 1.56. The van der Waals surface area contributed by atoms with Crippen LogP contribution in [0.15, 0.2) is 47.6 Å². The van der Waals surface area contributed by atoms with Crippen LogP contribution >= 0.6 is 34.8 Å². The predicted molar refractivity (Wildman–Crippen MR) is 115 cm³/mol. The summed E-state index contributed by atoms with van der Waals surface area (Å²) in [5.41, 5.74) is 1.48. The lowest BCUT2D eigenvalue weighted by Crippen LogP contribution is -2.04. The van der Waals surface area contributed by atoms with Crippen molar-refractivity contribution in [3.8, 4) is 17.4 Å². The molecule has 2 aromatic carbocycles. The fourth-order valence-electron chi connectivity index (χ4n) is 2.44. The van der Waals surface area contributed by atoms with E-state index in [0.29, 0.717) is 44.6 Å². The molecule has 0 unspecified atom stereocenters. The van der Waals surface area contributed by atoms with Crippen LogP contribution < -0.4 is 9.47 Å². The summed E-state index contributed by atoms with van der Waals surface area (Å²) in [6, 6.07) is 12.1. The molecule has 0 fully saturated rings. The van der Waals surface area contributed by atoms with Gasteiger partial charge in [-0.25, -0.2) is 4.68 Å². The van der Waals surface area contributed by atoms with Crippen LogP contribution in [0.2, 0.25) is 15.1 Å². The van der Waals surface area contributed by atoms with E-state index in [-0.39, 0.29) is 6.61 Å². The summed E-state index contributed by atoms with van der Waals surface area (Å²) >= 11 is 17.7. The van der Waals surface area contributed by atoms with Crippen LogP contribution in [0.3, 0.4) is 0 Å². The molecule has 0 aliphatic heterocycles. The van der Waals surface area contributed by atoms with Gasteiger partial charge in [0.05, 0.1) is 27.5 Å². The van der Waals surface area contributed by atoms with Gasteiger partial charge in [0, 0.05) is 18.1 Å². The SMILES string of the molecule is Cc1nn(C)c(Oc2ccc(Cl)cc2)c1C=NOCCOc1ccc(Cl)c(Cl)c1. The van der Waals surface area contributed by atoms with Crippen molar-refractivity contribution in [2.45, 2.75) is 6.92 Å². The molecule has 0 amide bonds. The number of halogens is 3. The van der Waals surface area contributed by atoms with E-state index < -0.39 is 0 Å². The summed E-state index contributed by atoms with van der Waals surface area (Å²) in [6.45, 7) is 2.42. The first-order valence-corrected chi connectivity index (χ1v) is 9.77. The van der Waals surface area contributed by atoms with Crippen LogP contribution in [-0.2, 0) is 11.9 Å². The summed E-state index contributed by atoms with van der Waals surface area (Å²) in [4.78, 5) is 5.27. The third-order valence-corrected chi connectivity index (χ3v) is 4.82. The van der Waals surface area contributed by atoms with Crippen molar-refractivity contribution in [1.29, 1.82) is 0 Å². The number of hydrogen-bond donors (Lipinski definition) is 0. The Morgan fingerprint density at radius 3 is 2.45 bits per heavy atom. The van der Waals surface area contributed by atoms with Gasteiger partial charge in [0.25, 0.3) is 0 Å². The van der Waals surface area contributed by atoms with Crippen LogP contribution in [0.5, 0.6) is 17.4 Å². The summed E-state index contributed by atoms with van der Waals surface area (Å²) in [5.74, 6) is 1.79. The molecule has 1 aromatic heterocycles. The van der Waals surface area contributed by atoms with E-state index in [9.17, 15) is 0 Å². The lowest BCUT2D eigenvalue weighted by Gasteiger charge is -2.07. The number of benzene rings is 2. The number of hydrogen-bond acceptors (Lipinski definition) is 5. The van der Waals surface area contributed by atoms with Gasteiger partial charge in [0.15, 0.2) is 6.61 Å². The predicted octanol–water partition coefficient (Wildman–Crippen LogP) is 5.91. The topological polar surface area (TPSA) is 57.9 Å². The molecule has 29 heavy (non-hydrogen) atoms. The average molecular weight is 455 g/mol. The minimum Gasteiger partial charge on any atom is -0.490 e. The van der Waals surface area contributed by atoms with Gasteiger partial charge in [-0.1, -0.05) is 40.0 Å². The third-order valence-electron chi connectivity index (χ3n) is 3.83. The molecular formula is C20H18Cl3N3O3. The minimum absolute atomic E-state index is 0.253. The van der Waals surface area contributed by atoms with Crippen molar-refractivity contribution in [2.24, 2.45) is 12.2 Å². The second kappa shape index (κ2) is 9.87. The second-order valence-electron chi connectivity index (χ2n) is 5.98. The van der Waals surface area contributed by atoms with Gasteiger partial charge in [0.2, 0.25) is 5.88 Å². The quantitative estimate of drug-likeness (QED) is 0.241. The second-order valence-corrected chi connectivity index (χ2v) is 7.23. The largest absolute Gasteiger partial charge is 0.490 e. The highest BCUT2D eigenvalue weighted by Crippen LogP contribution is 2.27. The zero-order valence-corrected chi connectivity index (χ0v) is 18.0. The van der Waals surface area contributed by atoms with E-state index in [1.165, 1.54) is 0 Å². The first-order chi connectivity index (χ1) is 13.9. The Morgan fingerprint density at radius 1 is 1.00 bits per heavy atom. The Bertz CT molecular complexity index is 1000. The van der Waals surface area contributed by atoms with Crippen molar-refractivity contribution in [2.75, 3.05) is 13.2 Å². The van der Waals surface area contributed by atoms with Gasteiger partial charge in [0.1, 0.15) is 18.1 Å². The first-order valence-electron chi connectivity index (χ1n) is 8.64. The Labute approximate surface area is 183 Å². The summed E-state index contributed by atoms with van der Waals surface area (Å²) < 4.78 is 13.1. The summed E-state index contributed by atoms with van der Waals surface area (Å²) in [5, 5.41) is 9.90. The molecule has 152 valence electrons. The number of nitrogens with zero attached hydrogens (tertiary/aromatic N) is 3. The van der Waals surface area contributed by atoms with E-state index in [2.05, 4.69) is 10.3 Å². The van der Waals surface area contributed by atoms with Crippen LogP contribution in [0, 0.1) is 6.92 Å². The van der Waals surface area contributed by atoms with Gasteiger partial charge in [-0.2, -0.15) is 5.10 Å². The van der Waals surface area contributed by atoms with Gasteiger partial charge in [-0.05, 0) is 43.3 Å². The fraction of sp³-hybridized carbons (Fsp3) is 0.200. The zero-order chi connectivity index (χ0) is 20.8. The lowest BCUT2D eigenvalue weighted by molar-refractivity contribution is 0.108. The molecule has 0 spiro atoms. The van der Waals surface area contributed by atoms with E-state index in [1.54, 1.807) is 60.4 Å². The maximum absolute atomic E-state index is 5.95. The van der Waals surface area contributed by atoms with Crippen LogP contribution in [0.4, 0.5) is 0 Å². The van der Waals surface area contributed by atoms with E-state index >= 15 is 0 Å². The molecule has 3 rings (SSSR count). The first kappa shape index (κ1) is 21.3. The number of ether oxygens (including phenoxy) is 2. The molecule has 0 aliphatic rings. The molecule has 9 heteroatoms. The van der Waals surface area contributed by atoms with Crippen molar-refractivity contribution >= 4 is 41.0 Å². The Hall–Kier alpha value is -2.41. The molecule has 0 radical (unpaired) electrons. The molecule has 0 atom stereocenters. The lowest BCUT2D eigenvalue weighted by atomic mass is 10.3. The Morgan fingerprint density at radius 2 is 1.72 bits per heavy atom. The molecule has 0 N–H and O–H groups in total. The molecule has 6 nitrogen and oxygen atoms in total. The maximum atomic E-state index is 5.95. The summed E-state index contributed by atoms with van der Waals surface area (Å²) in [7, 11) is 1.79. The van der Waals surface area contributed by atoms with Crippen molar-refractivity contribution in [3.63, 3.8) is 0 Å². The van der Waals surface area contributed by atoms with Gasteiger partial charge < -0.3 is 14.3 Å². The Kier molecular flexibility index (Phi) is 7.25. The minimum atomic E-state index is 0.253. The van der Waals surface area contributed by atoms with Crippen LogP contribution in [0.25, 0.3) is 0 Å². The monoisotopic (exact) mass is 453 g/mol. The maximum Gasteiger partial charge on any atom is 0.226 e. The number of oxime groups is 1. The summed E-state index contributed by atoms with van der Waals surface area (Å²) in [6.07, 6.45) is 1.56. The van der Waals surface area contributed by atoms with Crippen LogP contribution in [0.1, 0.15) is 11.3 Å². The molecule has 0 saturated heterocycles. The van der Waals surface area contributed by atoms with Gasteiger partial charge >= 0.3 is 0 Å². The van der Waals surface area contributed by atoms with Gasteiger partial charge in [-0.3, -0.25) is 0 Å². The fourth-order valence-corrected chi connectivity index (χ4v) is 2.86. The molecule has 3 aromatic rings. The molecular weight excluding hydrogens is 437 g/mol. The molecule has 0 saturated carbocycles. The highest BCUT2D eigenvalue weighted by Gasteiger charge is 2.14. The van der Waals surface area contributed by atoms with E-state index in [1.807, 2.05) is 6.92 Å².